The van der Waals surface area contributed by atoms with Crippen molar-refractivity contribution in [2.24, 2.45) is 0 Å². The number of hydrogen-bond acceptors (Lipinski definition) is 5. The fraction of sp³-hybridized carbons (Fsp3) is 0.160. The second-order valence-electron chi connectivity index (χ2n) is 7.37. The molecule has 4 aromatic rings. The number of rotatable bonds is 6. The molecule has 2 N–H and O–H groups in total. The van der Waals surface area contributed by atoms with Gasteiger partial charge in [-0.05, 0) is 66.3 Å². The van der Waals surface area contributed by atoms with Crippen molar-refractivity contribution in [2.45, 2.75) is 25.9 Å². The molecule has 0 spiro atoms. The number of phenolic OH excluding ortho intramolecular Hbond substituents is 1. The first-order valence-corrected chi connectivity index (χ1v) is 9.93. The molecule has 4 rings (SSSR count). The van der Waals surface area contributed by atoms with Crippen LogP contribution in [0.5, 0.6) is 5.75 Å². The number of benzene rings is 3. The van der Waals surface area contributed by atoms with Crippen molar-refractivity contribution in [2.75, 3.05) is 0 Å². The summed E-state index contributed by atoms with van der Waals surface area (Å²) in [4.78, 5) is 12.5. The third-order valence-corrected chi connectivity index (χ3v) is 5.02. The molecule has 0 bridgehead atoms. The van der Waals surface area contributed by atoms with Crippen LogP contribution in [0.4, 0.5) is 0 Å². The van der Waals surface area contributed by atoms with E-state index < -0.39 is 0 Å². The van der Waals surface area contributed by atoms with Crippen LogP contribution in [-0.4, -0.2) is 31.3 Å². The minimum Gasteiger partial charge on any atom is -0.507 e. The molecule has 1 atom stereocenters. The van der Waals surface area contributed by atoms with E-state index in [0.29, 0.717) is 18.7 Å². The SMILES string of the molecule is CC(O)CCc1ccc(-c2cc(-c3ccccc3)cc(-c3ncncn3)c2)c(O)c1. The Bertz CT molecular complexity index is 1070. The number of aliphatic hydroxyl groups is 1. The summed E-state index contributed by atoms with van der Waals surface area (Å²) in [7, 11) is 0. The van der Waals surface area contributed by atoms with E-state index in [1.54, 1.807) is 13.0 Å². The molecule has 0 radical (unpaired) electrons. The Morgan fingerprint density at radius 1 is 0.800 bits per heavy atom. The van der Waals surface area contributed by atoms with Crippen LogP contribution in [0.3, 0.4) is 0 Å². The summed E-state index contributed by atoms with van der Waals surface area (Å²) in [5.74, 6) is 0.793. The van der Waals surface area contributed by atoms with E-state index in [9.17, 15) is 10.2 Å². The molecule has 5 heteroatoms. The molecule has 0 aliphatic carbocycles. The lowest BCUT2D eigenvalue weighted by molar-refractivity contribution is 0.185. The van der Waals surface area contributed by atoms with Gasteiger partial charge < -0.3 is 10.2 Å². The van der Waals surface area contributed by atoms with Crippen molar-refractivity contribution in [3.05, 3.63) is 84.9 Å². The fourth-order valence-corrected chi connectivity index (χ4v) is 3.45. The Labute approximate surface area is 175 Å². The molecule has 0 aliphatic heterocycles. The maximum absolute atomic E-state index is 10.7. The highest BCUT2D eigenvalue weighted by Crippen LogP contribution is 2.36. The predicted octanol–water partition coefficient (Wildman–Crippen LogP) is 4.89. The summed E-state index contributed by atoms with van der Waals surface area (Å²) in [6, 6.07) is 21.9. The summed E-state index contributed by atoms with van der Waals surface area (Å²) < 4.78 is 0. The van der Waals surface area contributed by atoms with Gasteiger partial charge in [-0.2, -0.15) is 0 Å². The zero-order valence-electron chi connectivity index (χ0n) is 16.7. The lowest BCUT2D eigenvalue weighted by atomic mass is 9.94. The van der Waals surface area contributed by atoms with E-state index in [1.807, 2.05) is 42.5 Å². The first-order chi connectivity index (χ1) is 14.6. The highest BCUT2D eigenvalue weighted by atomic mass is 16.3. The van der Waals surface area contributed by atoms with Crippen molar-refractivity contribution >= 4 is 0 Å². The largest absolute Gasteiger partial charge is 0.507 e. The second kappa shape index (κ2) is 8.84. The van der Waals surface area contributed by atoms with Crippen LogP contribution >= 0.6 is 0 Å². The van der Waals surface area contributed by atoms with Crippen LogP contribution in [0.15, 0.2) is 79.4 Å². The Hall–Kier alpha value is -3.57. The van der Waals surface area contributed by atoms with Gasteiger partial charge in [0.1, 0.15) is 18.4 Å². The fourth-order valence-electron chi connectivity index (χ4n) is 3.45. The molecule has 5 nitrogen and oxygen atoms in total. The monoisotopic (exact) mass is 397 g/mol. The maximum atomic E-state index is 10.7. The van der Waals surface area contributed by atoms with E-state index in [0.717, 1.165) is 33.4 Å². The van der Waals surface area contributed by atoms with Gasteiger partial charge in [-0.25, -0.2) is 15.0 Å². The van der Waals surface area contributed by atoms with Gasteiger partial charge in [0.2, 0.25) is 0 Å². The highest BCUT2D eigenvalue weighted by molar-refractivity contribution is 5.81. The Morgan fingerprint density at radius 3 is 2.20 bits per heavy atom. The molecule has 3 aromatic carbocycles. The summed E-state index contributed by atoms with van der Waals surface area (Å²) in [5.41, 5.74) is 5.56. The zero-order chi connectivity index (χ0) is 20.9. The van der Waals surface area contributed by atoms with Crippen LogP contribution in [0.2, 0.25) is 0 Å². The lowest BCUT2D eigenvalue weighted by Crippen LogP contribution is -2.01. The first-order valence-electron chi connectivity index (χ1n) is 9.93. The standard InChI is InChI=1S/C25H23N3O2/c1-17(29)7-8-18-9-10-23(24(30)11-18)21-12-20(19-5-3-2-4-6-19)13-22(14-21)25-27-15-26-16-28-25/h2-6,9-17,29-30H,7-8H2,1H3. The summed E-state index contributed by atoms with van der Waals surface area (Å²) in [6.07, 6.45) is 3.96. The van der Waals surface area contributed by atoms with Crippen LogP contribution < -0.4 is 0 Å². The molecule has 1 aromatic heterocycles. The second-order valence-corrected chi connectivity index (χ2v) is 7.37. The van der Waals surface area contributed by atoms with Gasteiger partial charge in [0.05, 0.1) is 6.10 Å². The van der Waals surface area contributed by atoms with Crippen molar-refractivity contribution in [1.29, 1.82) is 0 Å². The lowest BCUT2D eigenvalue weighted by Gasteiger charge is -2.12. The van der Waals surface area contributed by atoms with Crippen molar-refractivity contribution in [1.82, 2.24) is 15.0 Å². The number of phenols is 1. The van der Waals surface area contributed by atoms with E-state index in [1.165, 1.54) is 12.7 Å². The van der Waals surface area contributed by atoms with Crippen molar-refractivity contribution in [3.63, 3.8) is 0 Å². The molecular formula is C25H23N3O2. The highest BCUT2D eigenvalue weighted by Gasteiger charge is 2.12. The molecule has 0 saturated carbocycles. The van der Waals surface area contributed by atoms with Crippen molar-refractivity contribution in [3.8, 4) is 39.4 Å². The third-order valence-electron chi connectivity index (χ3n) is 5.02. The van der Waals surface area contributed by atoms with Gasteiger partial charge in [0, 0.05) is 11.1 Å². The molecular weight excluding hydrogens is 374 g/mol. The van der Waals surface area contributed by atoms with Crippen LogP contribution in [0, 0.1) is 0 Å². The van der Waals surface area contributed by atoms with Gasteiger partial charge in [-0.1, -0.05) is 42.5 Å². The van der Waals surface area contributed by atoms with E-state index in [-0.39, 0.29) is 11.9 Å². The molecule has 1 unspecified atom stereocenters. The number of aryl methyl sites for hydroxylation is 1. The van der Waals surface area contributed by atoms with Crippen LogP contribution in [0.1, 0.15) is 18.9 Å². The van der Waals surface area contributed by atoms with Gasteiger partial charge in [0.25, 0.3) is 0 Å². The van der Waals surface area contributed by atoms with Gasteiger partial charge in [-0.3, -0.25) is 0 Å². The first kappa shape index (κ1) is 19.7. The Balaban J connectivity index is 1.79. The molecule has 0 saturated heterocycles. The van der Waals surface area contributed by atoms with Gasteiger partial charge >= 0.3 is 0 Å². The van der Waals surface area contributed by atoms with Gasteiger partial charge in [-0.15, -0.1) is 0 Å². The molecule has 0 fully saturated rings. The number of hydrogen-bond donors (Lipinski definition) is 2. The number of nitrogens with zero attached hydrogens (tertiary/aromatic N) is 3. The molecule has 0 aliphatic rings. The molecule has 150 valence electrons. The third kappa shape index (κ3) is 4.53. The smallest absolute Gasteiger partial charge is 0.162 e. The Morgan fingerprint density at radius 2 is 1.50 bits per heavy atom. The van der Waals surface area contributed by atoms with Gasteiger partial charge in [0.15, 0.2) is 5.82 Å². The normalized spacial score (nSPS) is 11.9. The molecule has 0 amide bonds. The zero-order valence-corrected chi connectivity index (χ0v) is 16.7. The molecule has 1 heterocycles. The van der Waals surface area contributed by atoms with Crippen molar-refractivity contribution < 1.29 is 10.2 Å². The maximum Gasteiger partial charge on any atom is 0.162 e. The molecule has 30 heavy (non-hydrogen) atoms. The predicted molar refractivity (Wildman–Crippen MR) is 118 cm³/mol. The summed E-state index contributed by atoms with van der Waals surface area (Å²) in [5, 5.41) is 20.2. The minimum absolute atomic E-state index is 0.213. The van der Waals surface area contributed by atoms with E-state index in [4.69, 9.17) is 0 Å². The average Bonchev–Trinajstić information content (AvgIpc) is 2.78. The van der Waals surface area contributed by atoms with E-state index >= 15 is 0 Å². The Kier molecular flexibility index (Phi) is 5.82. The average molecular weight is 397 g/mol. The van der Waals surface area contributed by atoms with E-state index in [2.05, 4.69) is 33.2 Å². The number of aromatic nitrogens is 3. The summed E-state index contributed by atoms with van der Waals surface area (Å²) >= 11 is 0. The quantitative estimate of drug-likeness (QED) is 0.484. The summed E-state index contributed by atoms with van der Waals surface area (Å²) in [6.45, 7) is 1.77. The number of aliphatic hydroxyl groups excluding tert-OH is 1. The van der Waals surface area contributed by atoms with Crippen LogP contribution in [-0.2, 0) is 6.42 Å². The number of aromatic hydroxyl groups is 1. The minimum atomic E-state index is -0.364. The topological polar surface area (TPSA) is 79.1 Å². The van der Waals surface area contributed by atoms with Crippen LogP contribution in [0.25, 0.3) is 33.6 Å².